The van der Waals surface area contributed by atoms with Gasteiger partial charge in [-0.2, -0.15) is 5.10 Å². The lowest BCUT2D eigenvalue weighted by Gasteiger charge is -2.14. The molecule has 3 heterocycles. The molecule has 0 bridgehead atoms. The first-order valence-corrected chi connectivity index (χ1v) is 6.61. The van der Waals surface area contributed by atoms with Gasteiger partial charge in [0.1, 0.15) is 0 Å². The molecule has 0 unspecified atom stereocenters. The topological polar surface area (TPSA) is 77.8 Å². The Kier molecular flexibility index (Phi) is 3.31. The zero-order valence-corrected chi connectivity index (χ0v) is 11.1. The van der Waals surface area contributed by atoms with E-state index >= 15 is 0 Å². The minimum absolute atomic E-state index is 0.0999. The number of rotatable bonds is 4. The fraction of sp³-hybridized carbons (Fsp3) is 0.583. The van der Waals surface area contributed by atoms with E-state index in [2.05, 4.69) is 33.4 Å². The van der Waals surface area contributed by atoms with E-state index in [1.807, 2.05) is 21.8 Å². The minimum Gasteiger partial charge on any atom is -0.325 e. The lowest BCUT2D eigenvalue weighted by molar-refractivity contribution is 0.310. The van der Waals surface area contributed by atoms with Crippen molar-refractivity contribution in [3.63, 3.8) is 0 Å². The lowest BCUT2D eigenvalue weighted by Crippen LogP contribution is -2.31. The van der Waals surface area contributed by atoms with Crippen molar-refractivity contribution in [3.8, 4) is 0 Å². The van der Waals surface area contributed by atoms with Gasteiger partial charge in [0.2, 0.25) is 0 Å². The predicted octanol–water partition coefficient (Wildman–Crippen LogP) is -0.121. The quantitative estimate of drug-likeness (QED) is 0.830. The number of aryl methyl sites for hydroxylation is 1. The van der Waals surface area contributed by atoms with Crippen LogP contribution >= 0.6 is 0 Å². The highest BCUT2D eigenvalue weighted by atomic mass is 15.4. The molecular weight excluding hydrogens is 242 g/mol. The number of nitrogens with two attached hydrogens (primary N) is 1. The summed E-state index contributed by atoms with van der Waals surface area (Å²) in [6.07, 6.45) is 7.59. The SMILES string of the molecule is CCn1cc(CN2C[C@@H](N)[C@@H](n3ccnn3)C2)cn1. The minimum atomic E-state index is 0.0999. The van der Waals surface area contributed by atoms with Crippen LogP contribution in [0, 0.1) is 0 Å². The molecule has 0 amide bonds. The van der Waals surface area contributed by atoms with Crippen LogP contribution in [-0.2, 0) is 13.1 Å². The second kappa shape index (κ2) is 5.10. The van der Waals surface area contributed by atoms with E-state index in [0.717, 1.165) is 26.2 Å². The van der Waals surface area contributed by atoms with Gasteiger partial charge in [-0.3, -0.25) is 9.58 Å². The number of hydrogen-bond donors (Lipinski definition) is 1. The van der Waals surface area contributed by atoms with Crippen LogP contribution in [0.3, 0.4) is 0 Å². The van der Waals surface area contributed by atoms with Crippen LogP contribution in [0.25, 0.3) is 0 Å². The van der Waals surface area contributed by atoms with Crippen molar-refractivity contribution in [2.24, 2.45) is 5.73 Å². The Morgan fingerprint density at radius 2 is 2.32 bits per heavy atom. The summed E-state index contributed by atoms with van der Waals surface area (Å²) in [5.41, 5.74) is 7.42. The van der Waals surface area contributed by atoms with Crippen molar-refractivity contribution in [1.29, 1.82) is 0 Å². The summed E-state index contributed by atoms with van der Waals surface area (Å²) in [5.74, 6) is 0. The van der Waals surface area contributed by atoms with Crippen LogP contribution in [0.15, 0.2) is 24.8 Å². The molecular formula is C12H19N7. The number of nitrogens with zero attached hydrogens (tertiary/aromatic N) is 6. The first kappa shape index (κ1) is 12.3. The smallest absolute Gasteiger partial charge is 0.0826 e. The van der Waals surface area contributed by atoms with E-state index in [1.165, 1.54) is 5.56 Å². The maximum Gasteiger partial charge on any atom is 0.0826 e. The molecule has 2 atom stereocenters. The Labute approximate surface area is 112 Å². The zero-order chi connectivity index (χ0) is 13.2. The third-order valence-electron chi connectivity index (χ3n) is 3.61. The van der Waals surface area contributed by atoms with E-state index < -0.39 is 0 Å². The third-order valence-corrected chi connectivity index (χ3v) is 3.61. The van der Waals surface area contributed by atoms with Gasteiger partial charge >= 0.3 is 0 Å². The van der Waals surface area contributed by atoms with Crippen molar-refractivity contribution in [2.75, 3.05) is 13.1 Å². The summed E-state index contributed by atoms with van der Waals surface area (Å²) >= 11 is 0. The molecule has 102 valence electrons. The van der Waals surface area contributed by atoms with Crippen molar-refractivity contribution < 1.29 is 0 Å². The monoisotopic (exact) mass is 261 g/mol. The molecule has 0 radical (unpaired) electrons. The summed E-state index contributed by atoms with van der Waals surface area (Å²) in [7, 11) is 0. The molecule has 1 aliphatic heterocycles. The first-order valence-electron chi connectivity index (χ1n) is 6.61. The normalized spacial score (nSPS) is 24.1. The highest BCUT2D eigenvalue weighted by Crippen LogP contribution is 2.21. The van der Waals surface area contributed by atoms with Gasteiger partial charge < -0.3 is 5.73 Å². The Bertz CT molecular complexity index is 518. The fourth-order valence-corrected chi connectivity index (χ4v) is 2.62. The molecule has 7 heteroatoms. The molecule has 2 N–H and O–H groups in total. The maximum absolute atomic E-state index is 6.19. The van der Waals surface area contributed by atoms with Crippen LogP contribution in [0.4, 0.5) is 0 Å². The molecule has 0 spiro atoms. The molecule has 0 aliphatic carbocycles. The predicted molar refractivity (Wildman–Crippen MR) is 70.2 cm³/mol. The van der Waals surface area contributed by atoms with Gasteiger partial charge in [-0.25, -0.2) is 4.68 Å². The van der Waals surface area contributed by atoms with E-state index in [4.69, 9.17) is 5.73 Å². The van der Waals surface area contributed by atoms with Crippen LogP contribution in [0.1, 0.15) is 18.5 Å². The Morgan fingerprint density at radius 3 is 3.00 bits per heavy atom. The standard InChI is InChI=1S/C12H19N7/c1-2-18-7-10(5-15-18)6-17-8-11(13)12(9-17)19-4-3-14-16-19/h3-5,7,11-12H,2,6,8-9,13H2,1H3/t11-,12+/m1/s1. The van der Waals surface area contributed by atoms with Gasteiger partial charge in [0.25, 0.3) is 0 Å². The maximum atomic E-state index is 6.19. The molecule has 2 aromatic rings. The van der Waals surface area contributed by atoms with Gasteiger partial charge in [0, 0.05) is 50.2 Å². The van der Waals surface area contributed by atoms with Crippen LogP contribution < -0.4 is 5.73 Å². The zero-order valence-electron chi connectivity index (χ0n) is 11.1. The summed E-state index contributed by atoms with van der Waals surface area (Å²) in [6.45, 7) is 5.66. The number of aromatic nitrogens is 5. The van der Waals surface area contributed by atoms with E-state index in [0.29, 0.717) is 0 Å². The fourth-order valence-electron chi connectivity index (χ4n) is 2.62. The van der Waals surface area contributed by atoms with Crippen LogP contribution in [-0.4, -0.2) is 48.8 Å². The van der Waals surface area contributed by atoms with Crippen molar-refractivity contribution in [1.82, 2.24) is 29.7 Å². The molecule has 2 aromatic heterocycles. The highest BCUT2D eigenvalue weighted by Gasteiger charge is 2.31. The first-order chi connectivity index (χ1) is 9.26. The third kappa shape index (κ3) is 2.52. The number of hydrogen-bond acceptors (Lipinski definition) is 5. The van der Waals surface area contributed by atoms with Gasteiger partial charge in [-0.15, -0.1) is 5.10 Å². The van der Waals surface area contributed by atoms with Gasteiger partial charge in [-0.1, -0.05) is 5.21 Å². The summed E-state index contributed by atoms with van der Waals surface area (Å²) in [5, 5.41) is 12.2. The summed E-state index contributed by atoms with van der Waals surface area (Å²) < 4.78 is 3.81. The van der Waals surface area contributed by atoms with Crippen LogP contribution in [0.2, 0.25) is 0 Å². The Balaban J connectivity index is 1.64. The molecule has 19 heavy (non-hydrogen) atoms. The Morgan fingerprint density at radius 1 is 1.42 bits per heavy atom. The molecule has 0 saturated carbocycles. The average Bonchev–Trinajstić information content (AvgIpc) is 3.10. The summed E-state index contributed by atoms with van der Waals surface area (Å²) in [4.78, 5) is 2.34. The van der Waals surface area contributed by atoms with Crippen molar-refractivity contribution in [3.05, 3.63) is 30.4 Å². The van der Waals surface area contributed by atoms with Gasteiger partial charge in [0.05, 0.1) is 18.4 Å². The van der Waals surface area contributed by atoms with Gasteiger partial charge in [0.15, 0.2) is 0 Å². The molecule has 7 nitrogen and oxygen atoms in total. The van der Waals surface area contributed by atoms with E-state index in [-0.39, 0.29) is 12.1 Å². The highest BCUT2D eigenvalue weighted by molar-refractivity contribution is 5.05. The molecule has 3 rings (SSSR count). The summed E-state index contributed by atoms with van der Waals surface area (Å²) in [6, 6.07) is 0.312. The van der Waals surface area contributed by atoms with Gasteiger partial charge in [-0.05, 0) is 6.92 Å². The average molecular weight is 261 g/mol. The largest absolute Gasteiger partial charge is 0.325 e. The molecule has 1 aliphatic rings. The Hall–Kier alpha value is -1.73. The van der Waals surface area contributed by atoms with Crippen molar-refractivity contribution >= 4 is 0 Å². The molecule has 0 aromatic carbocycles. The molecule has 1 saturated heterocycles. The van der Waals surface area contributed by atoms with Crippen molar-refractivity contribution in [2.45, 2.75) is 32.1 Å². The van der Waals surface area contributed by atoms with Crippen LogP contribution in [0.5, 0.6) is 0 Å². The second-order valence-electron chi connectivity index (χ2n) is 5.01. The molecule has 1 fully saturated rings. The number of likely N-dealkylation sites (tertiary alicyclic amines) is 1. The second-order valence-corrected chi connectivity index (χ2v) is 5.01. The van der Waals surface area contributed by atoms with E-state index in [9.17, 15) is 0 Å². The lowest BCUT2D eigenvalue weighted by atomic mass is 10.2. The van der Waals surface area contributed by atoms with E-state index in [1.54, 1.807) is 6.20 Å².